The van der Waals surface area contributed by atoms with Crippen LogP contribution in [0.4, 0.5) is 13.2 Å². The number of pyridine rings is 2. The molecule has 1 aliphatic carbocycles. The van der Waals surface area contributed by atoms with Gasteiger partial charge < -0.3 is 10.2 Å². The third-order valence-corrected chi connectivity index (χ3v) is 4.29. The number of aliphatic hydroxyl groups is 2. The third-order valence-electron chi connectivity index (χ3n) is 4.29. The van der Waals surface area contributed by atoms with Crippen LogP contribution in [0.3, 0.4) is 0 Å². The summed E-state index contributed by atoms with van der Waals surface area (Å²) in [5.74, 6) is 0. The van der Waals surface area contributed by atoms with Crippen LogP contribution in [0.25, 0.3) is 0 Å². The Morgan fingerprint density at radius 1 is 1.13 bits per heavy atom. The first-order valence-corrected chi connectivity index (χ1v) is 7.14. The highest BCUT2D eigenvalue weighted by Gasteiger charge is 2.52. The summed E-state index contributed by atoms with van der Waals surface area (Å²) in [6, 6.07) is 6.80. The lowest BCUT2D eigenvalue weighted by Gasteiger charge is -2.47. The molecule has 0 unspecified atom stereocenters. The van der Waals surface area contributed by atoms with Crippen molar-refractivity contribution in [3.8, 4) is 0 Å². The monoisotopic (exact) mass is 324 g/mol. The van der Waals surface area contributed by atoms with E-state index >= 15 is 0 Å². The van der Waals surface area contributed by atoms with E-state index in [0.29, 0.717) is 5.69 Å². The molecule has 0 bridgehead atoms. The van der Waals surface area contributed by atoms with Gasteiger partial charge >= 0.3 is 6.18 Å². The molecular weight excluding hydrogens is 309 g/mol. The van der Waals surface area contributed by atoms with Gasteiger partial charge in [0.05, 0.1) is 23.1 Å². The number of nitrogens with zero attached hydrogens (tertiary/aromatic N) is 2. The lowest BCUT2D eigenvalue weighted by molar-refractivity contribution is -0.138. The average molecular weight is 324 g/mol. The maximum atomic E-state index is 12.9. The van der Waals surface area contributed by atoms with E-state index in [4.69, 9.17) is 0 Å². The summed E-state index contributed by atoms with van der Waals surface area (Å²) in [5.41, 5.74) is -1.42. The predicted octanol–water partition coefficient (Wildman–Crippen LogP) is 2.62. The number of halogens is 3. The highest BCUT2D eigenvalue weighted by molar-refractivity contribution is 5.32. The van der Waals surface area contributed by atoms with E-state index in [0.717, 1.165) is 18.3 Å². The zero-order valence-corrected chi connectivity index (χ0v) is 12.0. The Kier molecular flexibility index (Phi) is 3.85. The van der Waals surface area contributed by atoms with Gasteiger partial charge in [0.15, 0.2) is 0 Å². The molecule has 2 aromatic rings. The lowest BCUT2D eigenvalue weighted by Crippen LogP contribution is -2.49. The zero-order chi connectivity index (χ0) is 16.7. The molecule has 1 fully saturated rings. The molecule has 0 saturated heterocycles. The second-order valence-corrected chi connectivity index (χ2v) is 5.80. The molecule has 1 aliphatic rings. The van der Waals surface area contributed by atoms with Crippen LogP contribution in [0.1, 0.15) is 35.9 Å². The van der Waals surface area contributed by atoms with Gasteiger partial charge in [-0.2, -0.15) is 13.2 Å². The average Bonchev–Trinajstić information content (AvgIpc) is 2.51. The Morgan fingerprint density at radius 3 is 2.43 bits per heavy atom. The number of hydrogen-bond acceptors (Lipinski definition) is 4. The van der Waals surface area contributed by atoms with Gasteiger partial charge in [-0.05, 0) is 37.1 Å². The number of alkyl halides is 3. The van der Waals surface area contributed by atoms with E-state index in [2.05, 4.69) is 9.97 Å². The van der Waals surface area contributed by atoms with Crippen molar-refractivity contribution in [2.24, 2.45) is 0 Å². The van der Waals surface area contributed by atoms with Crippen LogP contribution in [0, 0.1) is 0 Å². The summed E-state index contributed by atoms with van der Waals surface area (Å²) >= 11 is 0. The van der Waals surface area contributed by atoms with E-state index in [-0.39, 0.29) is 18.5 Å². The van der Waals surface area contributed by atoms with Gasteiger partial charge in [-0.15, -0.1) is 0 Å². The topological polar surface area (TPSA) is 66.2 Å². The highest BCUT2D eigenvalue weighted by atomic mass is 19.4. The zero-order valence-electron chi connectivity index (χ0n) is 12.0. The number of aliphatic hydroxyl groups excluding tert-OH is 2. The molecule has 7 heteroatoms. The van der Waals surface area contributed by atoms with Gasteiger partial charge in [0, 0.05) is 17.8 Å². The first-order valence-electron chi connectivity index (χ1n) is 7.14. The molecule has 3 rings (SSSR count). The fourth-order valence-corrected chi connectivity index (χ4v) is 3.05. The quantitative estimate of drug-likeness (QED) is 0.911. The molecule has 0 spiro atoms. The van der Waals surface area contributed by atoms with Gasteiger partial charge in [-0.25, -0.2) is 0 Å². The Labute approximate surface area is 130 Å². The maximum Gasteiger partial charge on any atom is 0.416 e. The van der Waals surface area contributed by atoms with Gasteiger partial charge in [0.1, 0.15) is 6.10 Å². The number of aromatic nitrogens is 2. The largest absolute Gasteiger partial charge is 0.416 e. The minimum atomic E-state index is -4.49. The molecule has 2 aromatic heterocycles. The van der Waals surface area contributed by atoms with Crippen LogP contribution in [0.5, 0.6) is 0 Å². The van der Waals surface area contributed by atoms with Crippen molar-refractivity contribution in [3.05, 3.63) is 59.7 Å². The van der Waals surface area contributed by atoms with Crippen molar-refractivity contribution in [1.82, 2.24) is 9.97 Å². The molecule has 122 valence electrons. The Morgan fingerprint density at radius 2 is 1.87 bits per heavy atom. The number of rotatable bonds is 3. The molecule has 0 aliphatic heterocycles. The molecule has 0 amide bonds. The summed E-state index contributed by atoms with van der Waals surface area (Å²) < 4.78 is 38.8. The van der Waals surface area contributed by atoms with E-state index in [1.54, 1.807) is 18.2 Å². The minimum absolute atomic E-state index is 0.121. The molecular formula is C16H15F3N2O2. The van der Waals surface area contributed by atoms with Gasteiger partial charge in [-0.1, -0.05) is 6.07 Å². The standard InChI is InChI=1S/C16H15F3N2O2/c17-16(18,19)10-4-6-21-13(7-10)15(8-11(22)9-15)14(23)12-3-1-2-5-20-12/h1-7,11,14,22-23H,8-9H2/t11-,14-,15-/m0/s1. The van der Waals surface area contributed by atoms with Crippen LogP contribution < -0.4 is 0 Å². The molecule has 1 atom stereocenters. The summed E-state index contributed by atoms with van der Waals surface area (Å²) in [7, 11) is 0. The smallest absolute Gasteiger partial charge is 0.393 e. The maximum absolute atomic E-state index is 12.9. The molecule has 2 N–H and O–H groups in total. The molecule has 23 heavy (non-hydrogen) atoms. The summed E-state index contributed by atoms with van der Waals surface area (Å²) in [4.78, 5) is 8.10. The van der Waals surface area contributed by atoms with Crippen molar-refractivity contribution in [1.29, 1.82) is 0 Å². The van der Waals surface area contributed by atoms with Crippen LogP contribution in [0.15, 0.2) is 42.7 Å². The van der Waals surface area contributed by atoms with Crippen molar-refractivity contribution in [2.75, 3.05) is 0 Å². The van der Waals surface area contributed by atoms with E-state index in [9.17, 15) is 23.4 Å². The molecule has 4 nitrogen and oxygen atoms in total. The summed E-state index contributed by atoms with van der Waals surface area (Å²) in [6.45, 7) is 0. The fourth-order valence-electron chi connectivity index (χ4n) is 3.05. The predicted molar refractivity (Wildman–Crippen MR) is 75.4 cm³/mol. The Hall–Kier alpha value is -1.99. The highest BCUT2D eigenvalue weighted by Crippen LogP contribution is 2.51. The van der Waals surface area contributed by atoms with Crippen molar-refractivity contribution in [2.45, 2.75) is 36.6 Å². The Balaban J connectivity index is 2.02. The van der Waals surface area contributed by atoms with E-state index in [1.165, 1.54) is 6.20 Å². The van der Waals surface area contributed by atoms with Crippen LogP contribution in [0.2, 0.25) is 0 Å². The van der Waals surface area contributed by atoms with Gasteiger partial charge in [-0.3, -0.25) is 9.97 Å². The molecule has 0 radical (unpaired) electrons. The normalized spacial score (nSPS) is 25.7. The van der Waals surface area contributed by atoms with Crippen molar-refractivity contribution >= 4 is 0 Å². The first kappa shape index (κ1) is 15.9. The molecule has 2 heterocycles. The molecule has 1 saturated carbocycles. The lowest BCUT2D eigenvalue weighted by atomic mass is 9.60. The van der Waals surface area contributed by atoms with Crippen LogP contribution in [-0.4, -0.2) is 26.3 Å². The molecule has 0 aromatic carbocycles. The first-order chi connectivity index (χ1) is 10.8. The van der Waals surface area contributed by atoms with Crippen molar-refractivity contribution in [3.63, 3.8) is 0 Å². The summed E-state index contributed by atoms with van der Waals surface area (Å²) in [6.07, 6.45) is -3.45. The van der Waals surface area contributed by atoms with Gasteiger partial charge in [0.25, 0.3) is 0 Å². The van der Waals surface area contributed by atoms with Crippen LogP contribution >= 0.6 is 0 Å². The van der Waals surface area contributed by atoms with E-state index < -0.39 is 29.4 Å². The minimum Gasteiger partial charge on any atom is -0.393 e. The second-order valence-electron chi connectivity index (χ2n) is 5.80. The van der Waals surface area contributed by atoms with Crippen molar-refractivity contribution < 1.29 is 23.4 Å². The Bertz CT molecular complexity index is 685. The second kappa shape index (κ2) is 5.58. The van der Waals surface area contributed by atoms with Gasteiger partial charge in [0.2, 0.25) is 0 Å². The summed E-state index contributed by atoms with van der Waals surface area (Å²) in [5, 5.41) is 20.3. The third kappa shape index (κ3) is 2.82. The SMILES string of the molecule is O[C@@H](c1ccccn1)[C@]1(c2cc(C(F)(F)F)ccn2)C[C@@H](O)C1. The van der Waals surface area contributed by atoms with Crippen LogP contribution in [-0.2, 0) is 11.6 Å². The van der Waals surface area contributed by atoms with E-state index in [1.807, 2.05) is 0 Å². The fraction of sp³-hybridized carbons (Fsp3) is 0.375. The number of hydrogen-bond donors (Lipinski definition) is 2.